The monoisotopic (exact) mass is 433 g/mol. The molecule has 7 heteroatoms. The molecule has 0 saturated heterocycles. The zero-order valence-corrected chi connectivity index (χ0v) is 18.8. The van der Waals surface area contributed by atoms with Gasteiger partial charge < -0.3 is 0 Å². The highest BCUT2D eigenvalue weighted by molar-refractivity contribution is 5.79. The lowest BCUT2D eigenvalue weighted by atomic mass is 9.97. The minimum absolute atomic E-state index is 0.381. The summed E-state index contributed by atoms with van der Waals surface area (Å²) in [6, 6.07) is 20.2. The van der Waals surface area contributed by atoms with E-state index in [-0.39, 0.29) is 0 Å². The van der Waals surface area contributed by atoms with Crippen LogP contribution in [-0.4, -0.2) is 29.5 Å². The fourth-order valence-corrected chi connectivity index (χ4v) is 4.05. The molecule has 0 saturated carbocycles. The third kappa shape index (κ3) is 3.87. The van der Waals surface area contributed by atoms with Crippen LogP contribution < -0.4 is 0 Å². The SMILES string of the molecule is CC(C)c1ccccc1-c1ncc2c(n1)c(Cc1ccc(-n3ccc(C#N)n3)cc1)nn2C. The van der Waals surface area contributed by atoms with Crippen LogP contribution in [0.25, 0.3) is 28.1 Å². The quantitative estimate of drug-likeness (QED) is 0.397. The largest absolute Gasteiger partial charge is 0.264 e. The normalized spacial score (nSPS) is 11.2. The number of fused-ring (bicyclic) bond motifs is 1. The fourth-order valence-electron chi connectivity index (χ4n) is 4.05. The zero-order chi connectivity index (χ0) is 22.9. The summed E-state index contributed by atoms with van der Waals surface area (Å²) in [7, 11) is 1.92. The van der Waals surface area contributed by atoms with Crippen molar-refractivity contribution in [1.29, 1.82) is 5.26 Å². The minimum Gasteiger partial charge on any atom is -0.264 e. The molecule has 0 aliphatic rings. The number of hydrogen-bond donors (Lipinski definition) is 0. The molecular formula is C26H23N7. The van der Waals surface area contributed by atoms with Crippen LogP contribution in [0.4, 0.5) is 0 Å². The third-order valence-corrected chi connectivity index (χ3v) is 5.76. The van der Waals surface area contributed by atoms with Crippen molar-refractivity contribution in [3.8, 4) is 23.1 Å². The first-order valence-corrected chi connectivity index (χ1v) is 10.9. The van der Waals surface area contributed by atoms with Gasteiger partial charge in [-0.1, -0.05) is 50.2 Å². The first kappa shape index (κ1) is 20.6. The van der Waals surface area contributed by atoms with Crippen molar-refractivity contribution < 1.29 is 0 Å². The molecule has 0 unspecified atom stereocenters. The summed E-state index contributed by atoms with van der Waals surface area (Å²) in [4.78, 5) is 9.59. The number of aryl methyl sites for hydroxylation is 1. The maximum atomic E-state index is 8.98. The molecule has 5 aromatic rings. The van der Waals surface area contributed by atoms with Crippen molar-refractivity contribution in [2.75, 3.05) is 0 Å². The fraction of sp³-hybridized carbons (Fsp3) is 0.192. The third-order valence-electron chi connectivity index (χ3n) is 5.76. The van der Waals surface area contributed by atoms with E-state index in [0.29, 0.717) is 18.0 Å². The average Bonchev–Trinajstić information content (AvgIpc) is 3.44. The minimum atomic E-state index is 0.381. The summed E-state index contributed by atoms with van der Waals surface area (Å²) < 4.78 is 3.54. The van der Waals surface area contributed by atoms with E-state index < -0.39 is 0 Å². The van der Waals surface area contributed by atoms with Gasteiger partial charge in [-0.3, -0.25) is 4.68 Å². The summed E-state index contributed by atoms with van der Waals surface area (Å²) >= 11 is 0. The van der Waals surface area contributed by atoms with Gasteiger partial charge in [0.1, 0.15) is 17.1 Å². The summed E-state index contributed by atoms with van der Waals surface area (Å²) in [5.41, 5.74) is 7.41. The van der Waals surface area contributed by atoms with Crippen molar-refractivity contribution >= 4 is 11.0 Å². The van der Waals surface area contributed by atoms with Gasteiger partial charge in [0.15, 0.2) is 11.5 Å². The maximum Gasteiger partial charge on any atom is 0.162 e. The van der Waals surface area contributed by atoms with Crippen LogP contribution in [0, 0.1) is 11.3 Å². The molecule has 0 spiro atoms. The summed E-state index contributed by atoms with van der Waals surface area (Å²) in [6.45, 7) is 4.36. The summed E-state index contributed by atoms with van der Waals surface area (Å²) in [6.07, 6.45) is 4.30. The van der Waals surface area contributed by atoms with E-state index >= 15 is 0 Å². The van der Waals surface area contributed by atoms with Crippen molar-refractivity contribution in [3.05, 3.63) is 89.5 Å². The molecule has 0 aliphatic carbocycles. The second kappa shape index (κ2) is 8.32. The number of nitriles is 1. The van der Waals surface area contributed by atoms with E-state index in [1.54, 1.807) is 16.9 Å². The van der Waals surface area contributed by atoms with Gasteiger partial charge in [0.25, 0.3) is 0 Å². The molecule has 0 atom stereocenters. The van der Waals surface area contributed by atoms with Crippen LogP contribution in [-0.2, 0) is 13.5 Å². The van der Waals surface area contributed by atoms with Gasteiger partial charge in [-0.05, 0) is 35.2 Å². The first-order chi connectivity index (χ1) is 16.0. The van der Waals surface area contributed by atoms with E-state index in [1.165, 1.54) is 5.56 Å². The van der Waals surface area contributed by atoms with Crippen molar-refractivity contribution in [3.63, 3.8) is 0 Å². The highest BCUT2D eigenvalue weighted by atomic mass is 15.3. The van der Waals surface area contributed by atoms with Crippen molar-refractivity contribution in [2.24, 2.45) is 7.05 Å². The Hall–Kier alpha value is -4.31. The number of nitrogens with zero attached hydrogens (tertiary/aromatic N) is 7. The van der Waals surface area contributed by atoms with Crippen LogP contribution in [0.15, 0.2) is 67.0 Å². The highest BCUT2D eigenvalue weighted by Crippen LogP contribution is 2.28. The van der Waals surface area contributed by atoms with Gasteiger partial charge in [0, 0.05) is 25.2 Å². The Kier molecular flexibility index (Phi) is 5.19. The van der Waals surface area contributed by atoms with Crippen molar-refractivity contribution in [2.45, 2.75) is 26.2 Å². The van der Waals surface area contributed by atoms with Crippen molar-refractivity contribution in [1.82, 2.24) is 29.5 Å². The summed E-state index contributed by atoms with van der Waals surface area (Å²) in [5.74, 6) is 1.11. The average molecular weight is 434 g/mol. The molecule has 3 aromatic heterocycles. The number of aromatic nitrogens is 6. The van der Waals surface area contributed by atoms with Crippen LogP contribution in [0.2, 0.25) is 0 Å². The van der Waals surface area contributed by atoms with Crippen LogP contribution in [0.5, 0.6) is 0 Å². The Balaban J connectivity index is 1.49. The van der Waals surface area contributed by atoms with E-state index in [2.05, 4.69) is 60.3 Å². The predicted molar refractivity (Wildman–Crippen MR) is 127 cm³/mol. The van der Waals surface area contributed by atoms with E-state index in [1.807, 2.05) is 36.1 Å². The molecule has 33 heavy (non-hydrogen) atoms. The zero-order valence-electron chi connectivity index (χ0n) is 18.8. The maximum absolute atomic E-state index is 8.98. The Morgan fingerprint density at radius 2 is 1.79 bits per heavy atom. The predicted octanol–water partition coefficient (Wildman–Crippen LogP) is 4.80. The van der Waals surface area contributed by atoms with Gasteiger partial charge in [-0.25, -0.2) is 14.6 Å². The molecule has 162 valence electrons. The highest BCUT2D eigenvalue weighted by Gasteiger charge is 2.16. The van der Waals surface area contributed by atoms with E-state index in [9.17, 15) is 0 Å². The Morgan fingerprint density at radius 1 is 1.00 bits per heavy atom. The number of hydrogen-bond acceptors (Lipinski definition) is 5. The van der Waals surface area contributed by atoms with Gasteiger partial charge >= 0.3 is 0 Å². The first-order valence-electron chi connectivity index (χ1n) is 10.9. The van der Waals surface area contributed by atoms with Crippen LogP contribution >= 0.6 is 0 Å². The lowest BCUT2D eigenvalue weighted by Gasteiger charge is -2.11. The topological polar surface area (TPSA) is 85.2 Å². The molecule has 0 fully saturated rings. The molecule has 0 radical (unpaired) electrons. The molecular weight excluding hydrogens is 410 g/mol. The molecule has 0 amide bonds. The van der Waals surface area contributed by atoms with Gasteiger partial charge in [0.05, 0.1) is 17.6 Å². The molecule has 2 aromatic carbocycles. The number of rotatable bonds is 5. The molecule has 3 heterocycles. The lowest BCUT2D eigenvalue weighted by Crippen LogP contribution is -1.98. The Bertz CT molecular complexity index is 1480. The molecule has 0 N–H and O–H groups in total. The van der Waals surface area contributed by atoms with Crippen LogP contribution in [0.1, 0.15) is 42.3 Å². The van der Waals surface area contributed by atoms with E-state index in [4.69, 9.17) is 15.3 Å². The molecule has 0 aliphatic heterocycles. The smallest absolute Gasteiger partial charge is 0.162 e. The lowest BCUT2D eigenvalue weighted by molar-refractivity contribution is 0.773. The summed E-state index contributed by atoms with van der Waals surface area (Å²) in [5, 5.41) is 18.0. The van der Waals surface area contributed by atoms with Crippen LogP contribution in [0.3, 0.4) is 0 Å². The Labute approximate surface area is 192 Å². The second-order valence-electron chi connectivity index (χ2n) is 8.34. The second-order valence-corrected chi connectivity index (χ2v) is 8.34. The molecule has 5 rings (SSSR count). The Morgan fingerprint density at radius 3 is 2.52 bits per heavy atom. The van der Waals surface area contributed by atoms with Gasteiger partial charge in [0.2, 0.25) is 0 Å². The molecule has 7 nitrogen and oxygen atoms in total. The number of benzene rings is 2. The standard InChI is InChI=1S/C26H23N7/c1-17(2)21-6-4-5-7-22(21)26-28-16-24-25(29-26)23(31-32(24)3)14-18-8-10-20(11-9-18)33-13-12-19(15-27)30-33/h4-13,16-17H,14H2,1-3H3. The van der Waals surface area contributed by atoms with Gasteiger partial charge in [-0.15, -0.1) is 0 Å². The van der Waals surface area contributed by atoms with Gasteiger partial charge in [-0.2, -0.15) is 15.5 Å². The van der Waals surface area contributed by atoms with E-state index in [0.717, 1.165) is 39.4 Å². The molecule has 0 bridgehead atoms.